The van der Waals surface area contributed by atoms with Crippen molar-refractivity contribution < 1.29 is 14.3 Å². The van der Waals surface area contributed by atoms with E-state index in [1.165, 1.54) is 11.3 Å². The van der Waals surface area contributed by atoms with Gasteiger partial charge in [0.25, 0.3) is 0 Å². The number of thiazole rings is 1. The van der Waals surface area contributed by atoms with Gasteiger partial charge in [-0.15, -0.1) is 11.3 Å². The third kappa shape index (κ3) is 2.41. The third-order valence-corrected chi connectivity index (χ3v) is 3.52. The standard InChI is InChI=1S/C12H17NO3S/c1-11(2,3)9(14)10-13-8(7-17-10)12(4)15-5-6-16-12/h7H,5-6H2,1-4H3. The number of rotatable bonds is 2. The van der Waals surface area contributed by atoms with Gasteiger partial charge >= 0.3 is 0 Å². The normalized spacial score (nSPS) is 19.5. The van der Waals surface area contributed by atoms with E-state index in [0.29, 0.717) is 23.9 Å². The molecule has 0 atom stereocenters. The first-order chi connectivity index (χ1) is 7.83. The average Bonchev–Trinajstić information content (AvgIpc) is 2.84. The van der Waals surface area contributed by atoms with Crippen LogP contribution in [0.5, 0.6) is 0 Å². The van der Waals surface area contributed by atoms with Gasteiger partial charge in [-0.3, -0.25) is 4.79 Å². The van der Waals surface area contributed by atoms with Crippen LogP contribution in [-0.4, -0.2) is 24.0 Å². The van der Waals surface area contributed by atoms with Crippen LogP contribution in [0.25, 0.3) is 0 Å². The van der Waals surface area contributed by atoms with Crippen molar-refractivity contribution in [1.82, 2.24) is 4.98 Å². The van der Waals surface area contributed by atoms with E-state index in [1.807, 2.05) is 33.1 Å². The number of aromatic nitrogens is 1. The number of ketones is 1. The highest BCUT2D eigenvalue weighted by molar-refractivity contribution is 7.11. The Morgan fingerprint density at radius 3 is 2.53 bits per heavy atom. The number of hydrogen-bond acceptors (Lipinski definition) is 5. The third-order valence-electron chi connectivity index (χ3n) is 2.68. The molecule has 1 saturated heterocycles. The van der Waals surface area contributed by atoms with Crippen LogP contribution in [0.1, 0.15) is 43.2 Å². The Hall–Kier alpha value is -0.780. The molecule has 5 heteroatoms. The SMILES string of the molecule is CC(C)(C)C(=O)c1nc(C2(C)OCCO2)cs1. The summed E-state index contributed by atoms with van der Waals surface area (Å²) < 4.78 is 11.0. The molecule has 1 aromatic rings. The molecule has 0 aliphatic carbocycles. The van der Waals surface area contributed by atoms with Crippen molar-refractivity contribution in [2.24, 2.45) is 5.41 Å². The van der Waals surface area contributed by atoms with Crippen LogP contribution in [0.3, 0.4) is 0 Å². The summed E-state index contributed by atoms with van der Waals surface area (Å²) in [5.74, 6) is -0.734. The maximum absolute atomic E-state index is 12.1. The van der Waals surface area contributed by atoms with Gasteiger partial charge in [0.05, 0.1) is 13.2 Å². The summed E-state index contributed by atoms with van der Waals surface area (Å²) in [6, 6.07) is 0. The molecular formula is C12H17NO3S. The first-order valence-corrected chi connectivity index (χ1v) is 6.50. The summed E-state index contributed by atoms with van der Waals surface area (Å²) >= 11 is 1.35. The van der Waals surface area contributed by atoms with Gasteiger partial charge in [-0.25, -0.2) is 4.98 Å². The van der Waals surface area contributed by atoms with Crippen LogP contribution in [-0.2, 0) is 15.3 Å². The Kier molecular flexibility index (Phi) is 3.10. The molecule has 0 radical (unpaired) electrons. The minimum atomic E-state index is -0.785. The second-order valence-corrected chi connectivity index (χ2v) is 6.12. The zero-order chi connectivity index (χ0) is 12.7. The largest absolute Gasteiger partial charge is 0.342 e. The molecular weight excluding hydrogens is 238 g/mol. The number of carbonyl (C=O) groups excluding carboxylic acids is 1. The molecule has 0 bridgehead atoms. The molecule has 2 heterocycles. The maximum atomic E-state index is 12.1. The highest BCUT2D eigenvalue weighted by atomic mass is 32.1. The van der Waals surface area contributed by atoms with Crippen molar-refractivity contribution in [3.05, 3.63) is 16.1 Å². The van der Waals surface area contributed by atoms with Crippen molar-refractivity contribution in [1.29, 1.82) is 0 Å². The minimum absolute atomic E-state index is 0.0512. The summed E-state index contributed by atoms with van der Waals surface area (Å²) in [6.45, 7) is 8.63. The maximum Gasteiger partial charge on any atom is 0.210 e. The van der Waals surface area contributed by atoms with Crippen LogP contribution >= 0.6 is 11.3 Å². The van der Waals surface area contributed by atoms with E-state index in [0.717, 1.165) is 0 Å². The molecule has 94 valence electrons. The van der Waals surface area contributed by atoms with Crippen molar-refractivity contribution >= 4 is 17.1 Å². The smallest absolute Gasteiger partial charge is 0.210 e. The quantitative estimate of drug-likeness (QED) is 0.762. The fraction of sp³-hybridized carbons (Fsp3) is 0.667. The van der Waals surface area contributed by atoms with Crippen LogP contribution in [0, 0.1) is 5.41 Å². The molecule has 0 aromatic carbocycles. The van der Waals surface area contributed by atoms with Gasteiger partial charge in [-0.05, 0) is 6.92 Å². The van der Waals surface area contributed by atoms with Crippen molar-refractivity contribution in [2.45, 2.75) is 33.5 Å². The van der Waals surface area contributed by atoms with Gasteiger partial charge in [-0.2, -0.15) is 0 Å². The lowest BCUT2D eigenvalue weighted by molar-refractivity contribution is -0.152. The number of nitrogens with zero attached hydrogens (tertiary/aromatic N) is 1. The molecule has 17 heavy (non-hydrogen) atoms. The molecule has 1 aliphatic rings. The topological polar surface area (TPSA) is 48.4 Å². The van der Waals surface area contributed by atoms with E-state index in [2.05, 4.69) is 4.98 Å². The first-order valence-electron chi connectivity index (χ1n) is 5.62. The van der Waals surface area contributed by atoms with E-state index in [4.69, 9.17) is 9.47 Å². The monoisotopic (exact) mass is 255 g/mol. The summed E-state index contributed by atoms with van der Waals surface area (Å²) in [5, 5.41) is 2.36. The predicted octanol–water partition coefficient (Wildman–Crippen LogP) is 2.59. The molecule has 2 rings (SSSR count). The summed E-state index contributed by atoms with van der Waals surface area (Å²) in [7, 11) is 0. The van der Waals surface area contributed by atoms with E-state index in [9.17, 15) is 4.79 Å². The average molecular weight is 255 g/mol. The van der Waals surface area contributed by atoms with Crippen molar-refractivity contribution in [2.75, 3.05) is 13.2 Å². The van der Waals surface area contributed by atoms with Crippen LogP contribution in [0.4, 0.5) is 0 Å². The zero-order valence-electron chi connectivity index (χ0n) is 10.6. The molecule has 0 amide bonds. The Bertz CT molecular complexity index is 427. The Balaban J connectivity index is 2.25. The Morgan fingerprint density at radius 2 is 2.00 bits per heavy atom. The zero-order valence-corrected chi connectivity index (χ0v) is 11.4. The highest BCUT2D eigenvalue weighted by Crippen LogP contribution is 2.33. The highest BCUT2D eigenvalue weighted by Gasteiger charge is 2.37. The fourth-order valence-electron chi connectivity index (χ4n) is 1.57. The van der Waals surface area contributed by atoms with Crippen LogP contribution in [0.15, 0.2) is 5.38 Å². The fourth-order valence-corrected chi connectivity index (χ4v) is 2.62. The number of hydrogen-bond donors (Lipinski definition) is 0. The lowest BCUT2D eigenvalue weighted by Crippen LogP contribution is -2.24. The lowest BCUT2D eigenvalue weighted by atomic mass is 9.91. The molecule has 0 spiro atoms. The number of carbonyl (C=O) groups is 1. The second-order valence-electron chi connectivity index (χ2n) is 5.26. The Labute approximate surface area is 105 Å². The molecule has 0 N–H and O–H groups in total. The number of Topliss-reactive ketones (excluding diaryl/α,β-unsaturated/α-hetero) is 1. The Morgan fingerprint density at radius 1 is 1.41 bits per heavy atom. The van der Waals surface area contributed by atoms with Gasteiger partial charge in [0.15, 0.2) is 10.8 Å². The lowest BCUT2D eigenvalue weighted by Gasteiger charge is -2.19. The second kappa shape index (κ2) is 4.15. The molecule has 4 nitrogen and oxygen atoms in total. The van der Waals surface area contributed by atoms with E-state index in [-0.39, 0.29) is 5.78 Å². The summed E-state index contributed by atoms with van der Waals surface area (Å²) in [6.07, 6.45) is 0. The molecule has 0 saturated carbocycles. The van der Waals surface area contributed by atoms with Crippen molar-refractivity contribution in [3.8, 4) is 0 Å². The van der Waals surface area contributed by atoms with Gasteiger partial charge in [0.2, 0.25) is 5.79 Å². The molecule has 1 aromatic heterocycles. The van der Waals surface area contributed by atoms with Crippen molar-refractivity contribution in [3.63, 3.8) is 0 Å². The van der Waals surface area contributed by atoms with Crippen LogP contribution < -0.4 is 0 Å². The number of ether oxygens (including phenoxy) is 2. The molecule has 0 unspecified atom stereocenters. The molecule has 1 fully saturated rings. The summed E-state index contributed by atoms with van der Waals surface area (Å²) in [4.78, 5) is 16.4. The molecule has 1 aliphatic heterocycles. The van der Waals surface area contributed by atoms with Gasteiger partial charge in [0.1, 0.15) is 5.69 Å². The predicted molar refractivity (Wildman–Crippen MR) is 65.2 cm³/mol. The van der Waals surface area contributed by atoms with E-state index >= 15 is 0 Å². The minimum Gasteiger partial charge on any atom is -0.342 e. The van der Waals surface area contributed by atoms with Gasteiger partial charge in [0, 0.05) is 10.8 Å². The van der Waals surface area contributed by atoms with E-state index < -0.39 is 11.2 Å². The van der Waals surface area contributed by atoms with Gasteiger partial charge in [-0.1, -0.05) is 20.8 Å². The van der Waals surface area contributed by atoms with E-state index in [1.54, 1.807) is 0 Å². The summed E-state index contributed by atoms with van der Waals surface area (Å²) in [5.41, 5.74) is 0.278. The van der Waals surface area contributed by atoms with Gasteiger partial charge < -0.3 is 9.47 Å². The van der Waals surface area contributed by atoms with Crippen LogP contribution in [0.2, 0.25) is 0 Å². The first kappa shape index (κ1) is 12.7.